The summed E-state index contributed by atoms with van der Waals surface area (Å²) in [6, 6.07) is 6.16. The number of piperazine rings is 1. The van der Waals surface area contributed by atoms with Crippen LogP contribution in [0.2, 0.25) is 0 Å². The number of likely N-dealkylation sites (N-methyl/N-ethyl adjacent to an activating group) is 1. The van der Waals surface area contributed by atoms with Crippen molar-refractivity contribution in [3.8, 4) is 0 Å². The summed E-state index contributed by atoms with van der Waals surface area (Å²) in [5.74, 6) is 0. The van der Waals surface area contributed by atoms with Crippen molar-refractivity contribution >= 4 is 21.6 Å². The summed E-state index contributed by atoms with van der Waals surface area (Å²) in [5.41, 5.74) is 2.18. The first-order chi connectivity index (χ1) is 9.97. The number of aliphatic hydroxyl groups excluding tert-OH is 1. The van der Waals surface area contributed by atoms with E-state index in [0.29, 0.717) is 0 Å². The van der Waals surface area contributed by atoms with Crippen molar-refractivity contribution in [2.75, 3.05) is 58.3 Å². The van der Waals surface area contributed by atoms with Crippen LogP contribution in [0.4, 0.5) is 5.69 Å². The molecule has 1 aliphatic heterocycles. The van der Waals surface area contributed by atoms with Crippen molar-refractivity contribution in [1.82, 2.24) is 9.80 Å². The number of anilines is 1. The van der Waals surface area contributed by atoms with Crippen LogP contribution in [0, 0.1) is 0 Å². The highest BCUT2D eigenvalue weighted by Gasteiger charge is 2.19. The monoisotopic (exact) mass is 355 g/mol. The van der Waals surface area contributed by atoms with E-state index in [4.69, 9.17) is 0 Å². The lowest BCUT2D eigenvalue weighted by Gasteiger charge is -2.37. The van der Waals surface area contributed by atoms with Gasteiger partial charge in [-0.25, -0.2) is 0 Å². The minimum absolute atomic E-state index is 0.418. The quantitative estimate of drug-likeness (QED) is 0.876. The average molecular weight is 356 g/mol. The molecule has 2 rings (SSSR count). The second-order valence-corrected chi connectivity index (χ2v) is 6.87. The Bertz CT molecular complexity index is 457. The molecule has 0 aromatic heterocycles. The Labute approximate surface area is 136 Å². The van der Waals surface area contributed by atoms with Gasteiger partial charge in [0.15, 0.2) is 0 Å². The normalized spacial score (nSPS) is 18.3. The lowest BCUT2D eigenvalue weighted by Crippen LogP contribution is -2.48. The summed E-state index contributed by atoms with van der Waals surface area (Å²) in [4.78, 5) is 7.17. The Hall–Kier alpha value is -0.620. The minimum atomic E-state index is -0.418. The van der Waals surface area contributed by atoms with Crippen molar-refractivity contribution in [2.24, 2.45) is 0 Å². The lowest BCUT2D eigenvalue weighted by molar-refractivity contribution is 0.199. The van der Waals surface area contributed by atoms with E-state index in [9.17, 15) is 5.11 Å². The highest BCUT2D eigenvalue weighted by atomic mass is 79.9. The molecule has 1 aromatic carbocycles. The van der Waals surface area contributed by atoms with E-state index >= 15 is 0 Å². The van der Waals surface area contributed by atoms with Gasteiger partial charge >= 0.3 is 0 Å². The Kier molecular flexibility index (Phi) is 6.05. The first-order valence-corrected chi connectivity index (χ1v) is 8.36. The molecule has 0 saturated carbocycles. The van der Waals surface area contributed by atoms with Gasteiger partial charge in [-0.1, -0.05) is 6.07 Å². The molecule has 1 fully saturated rings. The largest absolute Gasteiger partial charge is 0.389 e. The summed E-state index contributed by atoms with van der Waals surface area (Å²) in [6.45, 7) is 8.39. The molecule has 1 saturated heterocycles. The molecule has 21 heavy (non-hydrogen) atoms. The van der Waals surface area contributed by atoms with Crippen LogP contribution >= 0.6 is 15.9 Å². The summed E-state index contributed by atoms with van der Waals surface area (Å²) in [5, 5.41) is 9.64. The molecule has 0 spiro atoms. The van der Waals surface area contributed by atoms with Gasteiger partial charge in [0.2, 0.25) is 0 Å². The third-order valence-corrected chi connectivity index (χ3v) is 4.67. The van der Waals surface area contributed by atoms with Crippen LogP contribution in [0.25, 0.3) is 0 Å². The number of aliphatic hydroxyl groups is 1. The fourth-order valence-electron chi connectivity index (χ4n) is 2.59. The number of rotatable bonds is 5. The van der Waals surface area contributed by atoms with E-state index in [1.54, 1.807) is 6.92 Å². The standard InChI is InChI=1S/C16H26BrN3O/c1-13(21)14-4-5-16(15(17)12-14)20-10-8-19(9-11-20)7-6-18(2)3/h4-5,12-13,21H,6-11H2,1-3H3/t13-/m0/s1. The molecule has 118 valence electrons. The number of halogens is 1. The van der Waals surface area contributed by atoms with Crippen LogP contribution in [0.3, 0.4) is 0 Å². The van der Waals surface area contributed by atoms with Gasteiger partial charge < -0.3 is 14.9 Å². The summed E-state index contributed by atoms with van der Waals surface area (Å²) in [6.07, 6.45) is -0.418. The van der Waals surface area contributed by atoms with Crippen LogP contribution in [0.15, 0.2) is 22.7 Å². The van der Waals surface area contributed by atoms with Crippen molar-refractivity contribution < 1.29 is 5.11 Å². The van der Waals surface area contributed by atoms with Crippen molar-refractivity contribution in [1.29, 1.82) is 0 Å². The van der Waals surface area contributed by atoms with Crippen molar-refractivity contribution in [3.63, 3.8) is 0 Å². The molecule has 5 heteroatoms. The average Bonchev–Trinajstić information content (AvgIpc) is 2.45. The molecule has 1 N–H and O–H groups in total. The Morgan fingerprint density at radius 2 is 1.90 bits per heavy atom. The van der Waals surface area contributed by atoms with Crippen LogP contribution in [-0.2, 0) is 0 Å². The van der Waals surface area contributed by atoms with E-state index in [0.717, 1.165) is 49.3 Å². The lowest BCUT2D eigenvalue weighted by atomic mass is 10.1. The number of nitrogens with zero attached hydrogens (tertiary/aromatic N) is 3. The molecule has 1 heterocycles. The molecule has 0 unspecified atom stereocenters. The predicted molar refractivity (Wildman–Crippen MR) is 92.0 cm³/mol. The van der Waals surface area contributed by atoms with Crippen LogP contribution in [0.1, 0.15) is 18.6 Å². The van der Waals surface area contributed by atoms with Gasteiger partial charge in [-0.05, 0) is 54.6 Å². The van der Waals surface area contributed by atoms with Gasteiger partial charge in [0.05, 0.1) is 11.8 Å². The Morgan fingerprint density at radius 1 is 1.24 bits per heavy atom. The van der Waals surface area contributed by atoms with Gasteiger partial charge in [0.25, 0.3) is 0 Å². The second kappa shape index (κ2) is 7.58. The summed E-state index contributed by atoms with van der Waals surface area (Å²) >= 11 is 3.64. The van der Waals surface area contributed by atoms with Gasteiger partial charge in [-0.3, -0.25) is 4.90 Å². The molecule has 0 bridgehead atoms. The maximum absolute atomic E-state index is 9.64. The molecule has 4 nitrogen and oxygen atoms in total. The number of benzene rings is 1. The molecular formula is C16H26BrN3O. The Balaban J connectivity index is 1.93. The van der Waals surface area contributed by atoms with E-state index in [-0.39, 0.29) is 0 Å². The molecule has 1 aliphatic rings. The summed E-state index contributed by atoms with van der Waals surface area (Å²) in [7, 11) is 4.24. The summed E-state index contributed by atoms with van der Waals surface area (Å²) < 4.78 is 1.07. The van der Waals surface area contributed by atoms with Gasteiger partial charge in [0.1, 0.15) is 0 Å². The molecule has 0 radical (unpaired) electrons. The molecular weight excluding hydrogens is 330 g/mol. The van der Waals surface area contributed by atoms with Crippen LogP contribution in [0.5, 0.6) is 0 Å². The fraction of sp³-hybridized carbons (Fsp3) is 0.625. The molecule has 0 amide bonds. The Morgan fingerprint density at radius 3 is 2.43 bits per heavy atom. The molecule has 0 aliphatic carbocycles. The smallest absolute Gasteiger partial charge is 0.0762 e. The first-order valence-electron chi connectivity index (χ1n) is 7.57. The highest BCUT2D eigenvalue weighted by molar-refractivity contribution is 9.10. The first kappa shape index (κ1) is 16.7. The fourth-order valence-corrected chi connectivity index (χ4v) is 3.24. The maximum Gasteiger partial charge on any atom is 0.0762 e. The van der Waals surface area contributed by atoms with Crippen LogP contribution in [-0.4, -0.2) is 68.3 Å². The van der Waals surface area contributed by atoms with E-state index in [1.165, 1.54) is 5.69 Å². The van der Waals surface area contributed by atoms with E-state index < -0.39 is 6.10 Å². The van der Waals surface area contributed by atoms with Crippen molar-refractivity contribution in [3.05, 3.63) is 28.2 Å². The zero-order valence-electron chi connectivity index (χ0n) is 13.2. The molecule has 1 aromatic rings. The van der Waals surface area contributed by atoms with E-state index in [2.05, 4.69) is 50.8 Å². The van der Waals surface area contributed by atoms with E-state index in [1.807, 2.05) is 12.1 Å². The topological polar surface area (TPSA) is 30.0 Å². The number of hydrogen-bond donors (Lipinski definition) is 1. The van der Waals surface area contributed by atoms with Gasteiger partial charge in [-0.2, -0.15) is 0 Å². The van der Waals surface area contributed by atoms with Crippen molar-refractivity contribution in [2.45, 2.75) is 13.0 Å². The van der Waals surface area contributed by atoms with Gasteiger partial charge in [0, 0.05) is 43.7 Å². The zero-order valence-corrected chi connectivity index (χ0v) is 14.8. The zero-order chi connectivity index (χ0) is 15.4. The second-order valence-electron chi connectivity index (χ2n) is 6.02. The number of hydrogen-bond acceptors (Lipinski definition) is 4. The third kappa shape index (κ3) is 4.68. The third-order valence-electron chi connectivity index (χ3n) is 4.03. The molecule has 1 atom stereocenters. The van der Waals surface area contributed by atoms with Gasteiger partial charge in [-0.15, -0.1) is 0 Å². The SMILES string of the molecule is C[C@H](O)c1ccc(N2CCN(CCN(C)C)CC2)c(Br)c1. The van der Waals surface area contributed by atoms with Crippen LogP contribution < -0.4 is 4.90 Å². The maximum atomic E-state index is 9.64. The predicted octanol–water partition coefficient (Wildman–Crippen LogP) is 2.19. The highest BCUT2D eigenvalue weighted by Crippen LogP contribution is 2.30. The minimum Gasteiger partial charge on any atom is -0.389 e.